The molecule has 0 saturated heterocycles. The van der Waals surface area contributed by atoms with Gasteiger partial charge in [0.2, 0.25) is 0 Å². The number of benzene rings is 1. The first-order valence-corrected chi connectivity index (χ1v) is 7.02. The lowest BCUT2D eigenvalue weighted by atomic mass is 10.1. The molecular formula is C15H16ClN3O4. The number of halogens is 1. The van der Waals surface area contributed by atoms with Gasteiger partial charge in [0.25, 0.3) is 0 Å². The maximum atomic E-state index is 11.3. The van der Waals surface area contributed by atoms with Crippen molar-refractivity contribution in [1.82, 2.24) is 10.2 Å². The van der Waals surface area contributed by atoms with Gasteiger partial charge in [0.15, 0.2) is 10.8 Å². The van der Waals surface area contributed by atoms with Crippen molar-refractivity contribution in [3.8, 4) is 11.5 Å². The minimum atomic E-state index is -1.17. The second-order valence-electron chi connectivity index (χ2n) is 4.74. The molecule has 0 spiro atoms. The molecule has 23 heavy (non-hydrogen) atoms. The molecule has 0 amide bonds. The van der Waals surface area contributed by atoms with Gasteiger partial charge < -0.3 is 19.5 Å². The van der Waals surface area contributed by atoms with Crippen LogP contribution in [0.4, 0.5) is 5.69 Å². The maximum Gasteiger partial charge on any atom is 0.358 e. The van der Waals surface area contributed by atoms with Gasteiger partial charge in [0.05, 0.1) is 19.9 Å². The zero-order valence-corrected chi connectivity index (χ0v) is 13.7. The molecule has 0 fully saturated rings. The number of aromatic carboxylic acids is 1. The Labute approximate surface area is 138 Å². The quantitative estimate of drug-likeness (QED) is 0.866. The summed E-state index contributed by atoms with van der Waals surface area (Å²) in [5.74, 6) is 0.145. The van der Waals surface area contributed by atoms with Gasteiger partial charge in [-0.05, 0) is 12.1 Å². The Bertz CT molecular complexity index is 724. The Kier molecular flexibility index (Phi) is 5.23. The second-order valence-corrected chi connectivity index (χ2v) is 5.13. The number of hydrogen-bond donors (Lipinski definition) is 1. The van der Waals surface area contributed by atoms with Crippen LogP contribution < -0.4 is 14.4 Å². The van der Waals surface area contributed by atoms with Crippen LogP contribution in [0.5, 0.6) is 11.5 Å². The Morgan fingerprint density at radius 3 is 2.61 bits per heavy atom. The van der Waals surface area contributed by atoms with Gasteiger partial charge in [-0.25, -0.2) is 4.79 Å². The lowest BCUT2D eigenvalue weighted by Crippen LogP contribution is -2.21. The molecule has 0 aliphatic rings. The Hall–Kier alpha value is -2.54. The third-order valence-corrected chi connectivity index (χ3v) is 3.44. The van der Waals surface area contributed by atoms with Gasteiger partial charge >= 0.3 is 5.97 Å². The highest BCUT2D eigenvalue weighted by Crippen LogP contribution is 2.28. The van der Waals surface area contributed by atoms with Gasteiger partial charge in [-0.3, -0.25) is 0 Å². The molecule has 0 radical (unpaired) electrons. The summed E-state index contributed by atoms with van der Waals surface area (Å²) in [6.45, 7) is 0.398. The van der Waals surface area contributed by atoms with E-state index in [1.165, 1.54) is 6.07 Å². The lowest BCUT2D eigenvalue weighted by molar-refractivity contribution is 0.0690. The average Bonchev–Trinajstić information content (AvgIpc) is 2.54. The molecule has 0 aliphatic carbocycles. The molecule has 1 heterocycles. The van der Waals surface area contributed by atoms with Gasteiger partial charge in [0.1, 0.15) is 11.5 Å². The molecular weight excluding hydrogens is 322 g/mol. The van der Waals surface area contributed by atoms with Gasteiger partial charge in [-0.2, -0.15) is 0 Å². The first kappa shape index (κ1) is 16.8. The van der Waals surface area contributed by atoms with Gasteiger partial charge in [-0.1, -0.05) is 11.6 Å². The smallest absolute Gasteiger partial charge is 0.358 e. The number of aromatic nitrogens is 2. The van der Waals surface area contributed by atoms with E-state index in [-0.39, 0.29) is 10.8 Å². The number of anilines is 1. The maximum absolute atomic E-state index is 11.3. The first-order chi connectivity index (χ1) is 11.0. The summed E-state index contributed by atoms with van der Waals surface area (Å²) in [5.41, 5.74) is 1.07. The highest BCUT2D eigenvalue weighted by Gasteiger charge is 2.18. The van der Waals surface area contributed by atoms with Crippen LogP contribution in [0.3, 0.4) is 0 Å². The van der Waals surface area contributed by atoms with E-state index in [1.54, 1.807) is 32.2 Å². The average molecular weight is 338 g/mol. The van der Waals surface area contributed by atoms with Crippen molar-refractivity contribution in [2.45, 2.75) is 6.54 Å². The number of rotatable bonds is 6. The van der Waals surface area contributed by atoms with Crippen LogP contribution in [0.25, 0.3) is 0 Å². The first-order valence-electron chi connectivity index (χ1n) is 6.64. The zero-order valence-electron chi connectivity index (χ0n) is 12.9. The molecule has 8 heteroatoms. The number of methoxy groups -OCH3 is 2. The van der Waals surface area contributed by atoms with E-state index in [9.17, 15) is 9.90 Å². The minimum absolute atomic E-state index is 0.124. The standard InChI is InChI=1S/C15H16ClN3O4/c1-19(11-7-13(16)17-18-14(11)15(20)21)8-9-4-5-10(22-2)6-12(9)23-3/h4-7H,8H2,1-3H3,(H,20,21). The third kappa shape index (κ3) is 3.81. The largest absolute Gasteiger partial charge is 0.497 e. The van der Waals surface area contributed by atoms with Crippen molar-refractivity contribution in [2.24, 2.45) is 0 Å². The van der Waals surface area contributed by atoms with E-state index in [0.29, 0.717) is 23.7 Å². The van der Waals surface area contributed by atoms with Crippen LogP contribution >= 0.6 is 11.6 Å². The molecule has 0 saturated carbocycles. The molecule has 0 aliphatic heterocycles. The summed E-state index contributed by atoms with van der Waals surface area (Å²) in [6.07, 6.45) is 0. The zero-order chi connectivity index (χ0) is 17.0. The molecule has 0 bridgehead atoms. The van der Waals surface area contributed by atoms with Crippen LogP contribution in [0.2, 0.25) is 5.15 Å². The van der Waals surface area contributed by atoms with Crippen molar-refractivity contribution in [1.29, 1.82) is 0 Å². The second kappa shape index (κ2) is 7.15. The summed E-state index contributed by atoms with van der Waals surface area (Å²) < 4.78 is 10.5. The fraction of sp³-hybridized carbons (Fsp3) is 0.267. The number of carbonyl (C=O) groups is 1. The normalized spacial score (nSPS) is 10.3. The highest BCUT2D eigenvalue weighted by molar-refractivity contribution is 6.29. The van der Waals surface area contributed by atoms with Crippen LogP contribution in [-0.4, -0.2) is 42.5 Å². The Morgan fingerprint density at radius 2 is 2.00 bits per heavy atom. The van der Waals surface area contributed by atoms with E-state index in [2.05, 4.69) is 10.2 Å². The lowest BCUT2D eigenvalue weighted by Gasteiger charge is -2.22. The Balaban J connectivity index is 2.34. The van der Waals surface area contributed by atoms with Crippen molar-refractivity contribution in [3.63, 3.8) is 0 Å². The van der Waals surface area contributed by atoms with E-state index in [0.717, 1.165) is 5.56 Å². The number of carboxylic acids is 1. The monoisotopic (exact) mass is 337 g/mol. The van der Waals surface area contributed by atoms with Crippen molar-refractivity contribution >= 4 is 23.3 Å². The summed E-state index contributed by atoms with van der Waals surface area (Å²) in [5, 5.41) is 16.6. The number of hydrogen-bond acceptors (Lipinski definition) is 6. The molecule has 122 valence electrons. The predicted molar refractivity (Wildman–Crippen MR) is 85.7 cm³/mol. The van der Waals surface area contributed by atoms with E-state index >= 15 is 0 Å². The van der Waals surface area contributed by atoms with E-state index in [1.807, 2.05) is 12.1 Å². The molecule has 0 atom stereocenters. The topological polar surface area (TPSA) is 84.8 Å². The molecule has 1 aromatic heterocycles. The molecule has 2 aromatic rings. The molecule has 2 rings (SSSR count). The molecule has 1 aromatic carbocycles. The van der Waals surface area contributed by atoms with Gasteiger partial charge in [0, 0.05) is 31.3 Å². The third-order valence-electron chi connectivity index (χ3n) is 3.26. The Morgan fingerprint density at radius 1 is 1.26 bits per heavy atom. The fourth-order valence-corrected chi connectivity index (χ4v) is 2.27. The summed E-state index contributed by atoms with van der Waals surface area (Å²) >= 11 is 5.83. The van der Waals surface area contributed by atoms with Crippen molar-refractivity contribution in [3.05, 3.63) is 40.7 Å². The molecule has 7 nitrogen and oxygen atoms in total. The number of ether oxygens (including phenoxy) is 2. The predicted octanol–water partition coefficient (Wildman–Crippen LogP) is 2.48. The van der Waals surface area contributed by atoms with Crippen molar-refractivity contribution in [2.75, 3.05) is 26.2 Å². The molecule has 0 unspecified atom stereocenters. The summed E-state index contributed by atoms with van der Waals surface area (Å²) in [4.78, 5) is 13.0. The van der Waals surface area contributed by atoms with Crippen LogP contribution in [0, 0.1) is 0 Å². The minimum Gasteiger partial charge on any atom is -0.497 e. The van der Waals surface area contributed by atoms with Gasteiger partial charge in [-0.15, -0.1) is 10.2 Å². The molecule has 1 N–H and O–H groups in total. The van der Waals surface area contributed by atoms with Crippen molar-refractivity contribution < 1.29 is 19.4 Å². The van der Waals surface area contributed by atoms with E-state index < -0.39 is 5.97 Å². The SMILES string of the molecule is COc1ccc(CN(C)c2cc(Cl)nnc2C(=O)O)c(OC)c1. The summed E-state index contributed by atoms with van der Waals surface area (Å²) in [7, 11) is 4.87. The van der Waals surface area contributed by atoms with E-state index in [4.69, 9.17) is 21.1 Å². The number of carboxylic acid groups (broad SMARTS) is 1. The van der Waals surface area contributed by atoms with Crippen LogP contribution in [-0.2, 0) is 6.54 Å². The van der Waals surface area contributed by atoms with Crippen LogP contribution in [0.1, 0.15) is 16.1 Å². The summed E-state index contributed by atoms with van der Waals surface area (Å²) in [6, 6.07) is 6.89. The van der Waals surface area contributed by atoms with Crippen LogP contribution in [0.15, 0.2) is 24.3 Å². The fourth-order valence-electron chi connectivity index (χ4n) is 2.13. The highest BCUT2D eigenvalue weighted by atomic mass is 35.5. The number of nitrogens with zero attached hydrogens (tertiary/aromatic N) is 3.